The van der Waals surface area contributed by atoms with Gasteiger partial charge in [-0.1, -0.05) is 42.0 Å². The van der Waals surface area contributed by atoms with Crippen molar-refractivity contribution in [2.75, 3.05) is 12.2 Å². The number of carbonyl (C=O) groups is 2. The second-order valence-corrected chi connectivity index (χ2v) is 6.48. The number of nitrogens with one attached hydrogen (secondary N) is 1. The number of hydrogen-bond donors (Lipinski definition) is 2. The number of rotatable bonds is 6. The van der Waals surface area contributed by atoms with Crippen molar-refractivity contribution in [1.82, 2.24) is 5.43 Å². The van der Waals surface area contributed by atoms with E-state index in [1.165, 1.54) is 31.4 Å². The molecule has 0 aliphatic carbocycles. The maximum atomic E-state index is 12.2. The minimum Gasteiger partial charge on any atom is -0.465 e. The first-order valence-corrected chi connectivity index (χ1v) is 8.83. The summed E-state index contributed by atoms with van der Waals surface area (Å²) in [6.45, 7) is 3.63. The van der Waals surface area contributed by atoms with Crippen LogP contribution < -0.4 is 10.5 Å². The Kier molecular flexibility index (Phi) is 7.36. The number of benzene rings is 2. The number of amides is 1. The van der Waals surface area contributed by atoms with E-state index in [4.69, 9.17) is 12.2 Å². The lowest BCUT2D eigenvalue weighted by atomic mass is 10.1. The standard InChI is InChI=1S/C20H21N3O4S/c1-13-4-6-15(7-5-13)19(28)22-21-14(2)12-18(24)23(26)17-10-8-16(9-11-17)20(25)27-3/h4-11,26H,12H2,1-3H3,(H,22,28)/b21-14+. The van der Waals surface area contributed by atoms with Gasteiger partial charge >= 0.3 is 5.97 Å². The normalized spacial score (nSPS) is 10.9. The number of hydrazone groups is 1. The van der Waals surface area contributed by atoms with Crippen molar-refractivity contribution in [3.05, 3.63) is 65.2 Å². The highest BCUT2D eigenvalue weighted by Crippen LogP contribution is 2.15. The monoisotopic (exact) mass is 399 g/mol. The number of hydroxylamine groups is 1. The number of ether oxygens (including phenoxy) is 1. The Labute approximate surface area is 168 Å². The quantitative estimate of drug-likeness (QED) is 0.255. The lowest BCUT2D eigenvalue weighted by Gasteiger charge is -2.15. The Hall–Kier alpha value is -3.10. The van der Waals surface area contributed by atoms with Gasteiger partial charge in [0.1, 0.15) is 4.99 Å². The van der Waals surface area contributed by atoms with Crippen molar-refractivity contribution < 1.29 is 19.5 Å². The summed E-state index contributed by atoms with van der Waals surface area (Å²) >= 11 is 5.27. The zero-order valence-electron chi connectivity index (χ0n) is 15.8. The van der Waals surface area contributed by atoms with Crippen LogP contribution in [-0.2, 0) is 9.53 Å². The maximum Gasteiger partial charge on any atom is 0.337 e. The van der Waals surface area contributed by atoms with E-state index in [9.17, 15) is 14.8 Å². The molecule has 2 rings (SSSR count). The molecule has 2 N–H and O–H groups in total. The molecule has 0 aromatic heterocycles. The molecular formula is C20H21N3O4S. The number of aryl methyl sites for hydroxylation is 1. The summed E-state index contributed by atoms with van der Waals surface area (Å²) in [4.78, 5) is 24.1. The molecule has 2 aromatic rings. The molecule has 7 nitrogen and oxygen atoms in total. The van der Waals surface area contributed by atoms with Crippen LogP contribution >= 0.6 is 12.2 Å². The summed E-state index contributed by atoms with van der Waals surface area (Å²) in [5.41, 5.74) is 5.68. The lowest BCUT2D eigenvalue weighted by Crippen LogP contribution is -2.29. The van der Waals surface area contributed by atoms with Gasteiger partial charge in [0.15, 0.2) is 0 Å². The van der Waals surface area contributed by atoms with Gasteiger partial charge in [-0.05, 0) is 38.1 Å². The molecule has 28 heavy (non-hydrogen) atoms. The van der Waals surface area contributed by atoms with E-state index in [0.717, 1.165) is 11.1 Å². The summed E-state index contributed by atoms with van der Waals surface area (Å²) in [6.07, 6.45) is -0.112. The van der Waals surface area contributed by atoms with Crippen molar-refractivity contribution >= 4 is 40.5 Å². The summed E-state index contributed by atoms with van der Waals surface area (Å²) < 4.78 is 4.61. The number of thiocarbonyl (C=S) groups is 1. The van der Waals surface area contributed by atoms with Crippen molar-refractivity contribution in [2.45, 2.75) is 20.3 Å². The molecule has 0 saturated carbocycles. The number of esters is 1. The summed E-state index contributed by atoms with van der Waals surface area (Å²) in [6, 6.07) is 13.5. The molecule has 0 aliphatic rings. The minimum absolute atomic E-state index is 0.112. The Morgan fingerprint density at radius 1 is 1.11 bits per heavy atom. The first-order chi connectivity index (χ1) is 13.3. The van der Waals surface area contributed by atoms with Gasteiger partial charge in [-0.25, -0.2) is 4.79 Å². The molecule has 8 heteroatoms. The molecule has 0 saturated heterocycles. The van der Waals surface area contributed by atoms with Gasteiger partial charge < -0.3 is 4.74 Å². The Balaban J connectivity index is 1.94. The van der Waals surface area contributed by atoms with Gasteiger partial charge in [0.25, 0.3) is 5.91 Å². The number of carbonyl (C=O) groups excluding carboxylic acids is 2. The molecule has 1 amide bonds. The summed E-state index contributed by atoms with van der Waals surface area (Å²) in [5, 5.41) is 14.7. The van der Waals surface area contributed by atoms with E-state index in [0.29, 0.717) is 21.3 Å². The third-order valence-corrected chi connectivity index (χ3v) is 4.17. The lowest BCUT2D eigenvalue weighted by molar-refractivity contribution is -0.122. The van der Waals surface area contributed by atoms with Crippen molar-refractivity contribution in [3.63, 3.8) is 0 Å². The SMILES string of the molecule is COC(=O)c1ccc(N(O)C(=O)C/C(C)=N/NC(=S)c2ccc(C)cc2)cc1. The first kappa shape index (κ1) is 21.2. The number of nitrogens with zero attached hydrogens (tertiary/aromatic N) is 2. The van der Waals surface area contributed by atoms with E-state index >= 15 is 0 Å². The van der Waals surface area contributed by atoms with Crippen LogP contribution in [0.3, 0.4) is 0 Å². The first-order valence-electron chi connectivity index (χ1n) is 8.42. The van der Waals surface area contributed by atoms with Crippen molar-refractivity contribution in [1.29, 1.82) is 0 Å². The number of anilines is 1. The maximum absolute atomic E-state index is 12.2. The Morgan fingerprint density at radius 2 is 1.68 bits per heavy atom. The van der Waals surface area contributed by atoms with E-state index < -0.39 is 11.9 Å². The van der Waals surface area contributed by atoms with Crippen LogP contribution in [0.25, 0.3) is 0 Å². The van der Waals surface area contributed by atoms with Crippen molar-refractivity contribution in [3.8, 4) is 0 Å². The van der Waals surface area contributed by atoms with E-state index in [2.05, 4.69) is 15.3 Å². The summed E-state index contributed by atoms with van der Waals surface area (Å²) in [5.74, 6) is -1.07. The van der Waals surface area contributed by atoms with E-state index in [1.54, 1.807) is 6.92 Å². The van der Waals surface area contributed by atoms with Crippen molar-refractivity contribution in [2.24, 2.45) is 5.10 Å². The predicted octanol–water partition coefficient (Wildman–Crippen LogP) is 3.24. The van der Waals surface area contributed by atoms with Gasteiger partial charge in [0, 0.05) is 11.3 Å². The van der Waals surface area contributed by atoms with Gasteiger partial charge in [-0.3, -0.25) is 15.4 Å². The van der Waals surface area contributed by atoms with Crippen LogP contribution in [-0.4, -0.2) is 34.9 Å². The third-order valence-electron chi connectivity index (χ3n) is 3.84. The van der Waals surface area contributed by atoms with E-state index in [1.807, 2.05) is 31.2 Å². The minimum atomic E-state index is -0.574. The molecule has 0 spiro atoms. The largest absolute Gasteiger partial charge is 0.465 e. The van der Waals surface area contributed by atoms with Crippen LogP contribution in [0.4, 0.5) is 5.69 Å². The Bertz CT molecular complexity index is 893. The highest BCUT2D eigenvalue weighted by Gasteiger charge is 2.15. The highest BCUT2D eigenvalue weighted by atomic mass is 32.1. The predicted molar refractivity (Wildman–Crippen MR) is 111 cm³/mol. The van der Waals surface area contributed by atoms with Gasteiger partial charge in [-0.15, -0.1) is 0 Å². The van der Waals surface area contributed by atoms with Gasteiger partial charge in [0.2, 0.25) is 0 Å². The smallest absolute Gasteiger partial charge is 0.337 e. The van der Waals surface area contributed by atoms with Gasteiger partial charge in [-0.2, -0.15) is 10.2 Å². The fraction of sp³-hybridized carbons (Fsp3) is 0.200. The fourth-order valence-electron chi connectivity index (χ4n) is 2.25. The molecule has 0 radical (unpaired) electrons. The van der Waals surface area contributed by atoms with Crippen LogP contribution in [0, 0.1) is 6.92 Å². The second kappa shape index (κ2) is 9.72. The average molecular weight is 399 g/mol. The van der Waals surface area contributed by atoms with E-state index in [-0.39, 0.29) is 12.1 Å². The van der Waals surface area contributed by atoms with Crippen LogP contribution in [0.5, 0.6) is 0 Å². The fourth-order valence-corrected chi connectivity index (χ4v) is 2.43. The molecule has 0 aliphatic heterocycles. The molecule has 0 bridgehead atoms. The number of hydrogen-bond acceptors (Lipinski definition) is 6. The molecule has 0 heterocycles. The molecule has 146 valence electrons. The third kappa shape index (κ3) is 5.70. The molecule has 0 atom stereocenters. The highest BCUT2D eigenvalue weighted by molar-refractivity contribution is 7.80. The Morgan fingerprint density at radius 3 is 2.25 bits per heavy atom. The zero-order valence-corrected chi connectivity index (χ0v) is 16.6. The van der Waals surface area contributed by atoms with Crippen LogP contribution in [0.15, 0.2) is 53.6 Å². The molecular weight excluding hydrogens is 378 g/mol. The molecule has 0 unspecified atom stereocenters. The van der Waals surface area contributed by atoms with Crippen LogP contribution in [0.1, 0.15) is 34.8 Å². The van der Waals surface area contributed by atoms with Gasteiger partial charge in [0.05, 0.1) is 24.8 Å². The summed E-state index contributed by atoms with van der Waals surface area (Å²) in [7, 11) is 1.28. The molecule has 0 fully saturated rings. The molecule has 2 aromatic carbocycles. The average Bonchev–Trinajstić information content (AvgIpc) is 2.71. The zero-order chi connectivity index (χ0) is 20.7. The van der Waals surface area contributed by atoms with Crippen LogP contribution in [0.2, 0.25) is 0 Å². The number of methoxy groups -OCH3 is 1. The second-order valence-electron chi connectivity index (χ2n) is 6.07. The topological polar surface area (TPSA) is 91.2 Å².